The van der Waals surface area contributed by atoms with Gasteiger partial charge in [-0.25, -0.2) is 0 Å². The summed E-state index contributed by atoms with van der Waals surface area (Å²) in [5.41, 5.74) is 2.80. The van der Waals surface area contributed by atoms with Gasteiger partial charge in [-0.3, -0.25) is 24.6 Å². The standard InChI is InChI=1S/C26H32N2O5.ClH/c1-3-32-24(29)18-28-23-13-9-8-12-20(23)15-17-21(25(28)30)27-22(26(31)33-4-2)16-14-19-10-6-5-7-11-19;/h5-13,21-22,27H,3-4,14-18H2,1-2H3;1H/t21-,22-;/m0./s1. The maximum Gasteiger partial charge on any atom is 0.326 e. The van der Waals surface area contributed by atoms with Crippen molar-refractivity contribution in [2.24, 2.45) is 0 Å². The maximum atomic E-state index is 13.5. The Kier molecular flexibility index (Phi) is 11.0. The lowest BCUT2D eigenvalue weighted by Crippen LogP contribution is -2.53. The van der Waals surface area contributed by atoms with Gasteiger partial charge in [0.05, 0.1) is 19.3 Å². The molecule has 7 nitrogen and oxygen atoms in total. The number of fused-ring (bicyclic) bond motifs is 1. The molecule has 34 heavy (non-hydrogen) atoms. The summed E-state index contributed by atoms with van der Waals surface area (Å²) in [6.45, 7) is 3.84. The molecule has 1 N–H and O–H groups in total. The van der Waals surface area contributed by atoms with E-state index in [4.69, 9.17) is 9.47 Å². The Morgan fingerprint density at radius 2 is 1.71 bits per heavy atom. The first-order chi connectivity index (χ1) is 16.0. The van der Waals surface area contributed by atoms with Crippen LogP contribution in [0.25, 0.3) is 0 Å². The number of para-hydroxylation sites is 1. The summed E-state index contributed by atoms with van der Waals surface area (Å²) in [4.78, 5) is 40.0. The Morgan fingerprint density at radius 1 is 1.03 bits per heavy atom. The van der Waals surface area contributed by atoms with Crippen molar-refractivity contribution in [3.05, 3.63) is 65.7 Å². The van der Waals surface area contributed by atoms with E-state index >= 15 is 0 Å². The number of nitrogens with one attached hydrogen (secondary N) is 1. The van der Waals surface area contributed by atoms with Crippen LogP contribution in [0, 0.1) is 0 Å². The first kappa shape index (κ1) is 27.3. The quantitative estimate of drug-likeness (QED) is 0.515. The summed E-state index contributed by atoms with van der Waals surface area (Å²) >= 11 is 0. The smallest absolute Gasteiger partial charge is 0.326 e. The van der Waals surface area contributed by atoms with Crippen LogP contribution in [-0.4, -0.2) is 49.7 Å². The van der Waals surface area contributed by atoms with Gasteiger partial charge < -0.3 is 9.47 Å². The van der Waals surface area contributed by atoms with Crippen LogP contribution in [0.15, 0.2) is 54.6 Å². The molecular formula is C26H33ClN2O5. The minimum Gasteiger partial charge on any atom is -0.465 e. The molecule has 0 fully saturated rings. The normalized spacial score (nSPS) is 16.0. The van der Waals surface area contributed by atoms with E-state index in [-0.39, 0.29) is 44.0 Å². The van der Waals surface area contributed by atoms with Crippen LogP contribution < -0.4 is 10.2 Å². The zero-order valence-electron chi connectivity index (χ0n) is 19.7. The number of amides is 1. The number of hydrogen-bond donors (Lipinski definition) is 1. The van der Waals surface area contributed by atoms with Gasteiger partial charge in [-0.1, -0.05) is 48.5 Å². The molecule has 1 aliphatic rings. The predicted molar refractivity (Wildman–Crippen MR) is 133 cm³/mol. The molecule has 2 atom stereocenters. The van der Waals surface area contributed by atoms with Gasteiger partial charge in [0.25, 0.3) is 0 Å². The van der Waals surface area contributed by atoms with Gasteiger partial charge in [-0.05, 0) is 56.7 Å². The fourth-order valence-corrected chi connectivity index (χ4v) is 4.08. The third-order valence-corrected chi connectivity index (χ3v) is 5.68. The molecular weight excluding hydrogens is 456 g/mol. The van der Waals surface area contributed by atoms with E-state index in [1.54, 1.807) is 13.8 Å². The number of carbonyl (C=O) groups excluding carboxylic acids is 3. The number of halogens is 1. The number of esters is 2. The molecule has 1 amide bonds. The van der Waals surface area contributed by atoms with E-state index in [2.05, 4.69) is 5.32 Å². The van der Waals surface area contributed by atoms with Crippen molar-refractivity contribution in [1.82, 2.24) is 5.32 Å². The van der Waals surface area contributed by atoms with E-state index < -0.39 is 18.1 Å². The molecule has 2 aromatic rings. The average molecular weight is 489 g/mol. The SMILES string of the molecule is CCOC(=O)CN1C(=O)[C@@H](N[C@@H](CCc2ccccc2)C(=O)OCC)CCc2ccccc21.Cl. The van der Waals surface area contributed by atoms with Crippen molar-refractivity contribution >= 4 is 35.9 Å². The minimum absolute atomic E-state index is 0. The molecule has 0 aromatic heterocycles. The molecule has 8 heteroatoms. The van der Waals surface area contributed by atoms with Crippen molar-refractivity contribution < 1.29 is 23.9 Å². The van der Waals surface area contributed by atoms with Gasteiger partial charge in [0.2, 0.25) is 5.91 Å². The van der Waals surface area contributed by atoms with Crippen LogP contribution in [0.1, 0.15) is 37.8 Å². The second-order valence-corrected chi connectivity index (χ2v) is 7.94. The van der Waals surface area contributed by atoms with Crippen LogP contribution in [0.2, 0.25) is 0 Å². The minimum atomic E-state index is -0.634. The van der Waals surface area contributed by atoms with Crippen LogP contribution in [-0.2, 0) is 36.7 Å². The fraction of sp³-hybridized carbons (Fsp3) is 0.423. The number of carbonyl (C=O) groups is 3. The summed E-state index contributed by atoms with van der Waals surface area (Å²) in [5.74, 6) is -1.09. The number of anilines is 1. The Balaban J connectivity index is 0.00000408. The largest absolute Gasteiger partial charge is 0.465 e. The topological polar surface area (TPSA) is 84.9 Å². The Morgan fingerprint density at radius 3 is 2.41 bits per heavy atom. The zero-order valence-corrected chi connectivity index (χ0v) is 20.5. The van der Waals surface area contributed by atoms with Gasteiger partial charge in [0, 0.05) is 5.69 Å². The molecule has 1 aliphatic heterocycles. The highest BCUT2D eigenvalue weighted by Gasteiger charge is 2.34. The Labute approximate surface area is 207 Å². The second kappa shape index (κ2) is 13.7. The molecule has 0 bridgehead atoms. The average Bonchev–Trinajstić information content (AvgIpc) is 2.95. The van der Waals surface area contributed by atoms with E-state index in [1.165, 1.54) is 4.90 Å². The van der Waals surface area contributed by atoms with Crippen LogP contribution in [0.5, 0.6) is 0 Å². The summed E-state index contributed by atoms with van der Waals surface area (Å²) in [6.07, 6.45) is 2.33. The first-order valence-electron chi connectivity index (χ1n) is 11.5. The molecule has 2 aromatic carbocycles. The van der Waals surface area contributed by atoms with Crippen LogP contribution >= 0.6 is 12.4 Å². The molecule has 0 saturated carbocycles. The van der Waals surface area contributed by atoms with Crippen LogP contribution in [0.3, 0.4) is 0 Å². The molecule has 1 heterocycles. The molecule has 184 valence electrons. The predicted octanol–water partition coefficient (Wildman–Crippen LogP) is 3.47. The van der Waals surface area contributed by atoms with Gasteiger partial charge in [-0.15, -0.1) is 12.4 Å². The van der Waals surface area contributed by atoms with Crippen molar-refractivity contribution in [3.8, 4) is 0 Å². The monoisotopic (exact) mass is 488 g/mol. The van der Waals surface area contributed by atoms with Crippen molar-refractivity contribution in [1.29, 1.82) is 0 Å². The second-order valence-electron chi connectivity index (χ2n) is 7.94. The van der Waals surface area contributed by atoms with E-state index in [9.17, 15) is 14.4 Å². The number of rotatable bonds is 10. The molecule has 0 unspecified atom stereocenters. The molecule has 0 aliphatic carbocycles. The molecule has 0 saturated heterocycles. The van der Waals surface area contributed by atoms with Crippen molar-refractivity contribution in [2.45, 2.75) is 51.6 Å². The van der Waals surface area contributed by atoms with Gasteiger partial charge in [-0.2, -0.15) is 0 Å². The first-order valence-corrected chi connectivity index (χ1v) is 11.5. The Hall–Kier alpha value is -2.90. The summed E-state index contributed by atoms with van der Waals surface area (Å²) in [5, 5.41) is 3.25. The number of benzene rings is 2. The third kappa shape index (κ3) is 7.30. The lowest BCUT2D eigenvalue weighted by molar-refractivity contribution is -0.146. The molecule has 0 spiro atoms. The molecule has 0 radical (unpaired) electrons. The summed E-state index contributed by atoms with van der Waals surface area (Å²) in [7, 11) is 0. The van der Waals surface area contributed by atoms with E-state index in [0.29, 0.717) is 31.4 Å². The maximum absolute atomic E-state index is 13.5. The molecule has 3 rings (SSSR count). The van der Waals surface area contributed by atoms with Gasteiger partial charge in [0.1, 0.15) is 12.6 Å². The number of aryl methyl sites for hydroxylation is 2. The van der Waals surface area contributed by atoms with Gasteiger partial charge >= 0.3 is 11.9 Å². The summed E-state index contributed by atoms with van der Waals surface area (Å²) < 4.78 is 10.4. The number of ether oxygens (including phenoxy) is 2. The van der Waals surface area contributed by atoms with Crippen LogP contribution in [0.4, 0.5) is 5.69 Å². The highest BCUT2D eigenvalue weighted by atomic mass is 35.5. The number of nitrogens with zero attached hydrogens (tertiary/aromatic N) is 1. The van der Waals surface area contributed by atoms with E-state index in [0.717, 1.165) is 11.1 Å². The highest BCUT2D eigenvalue weighted by molar-refractivity contribution is 6.02. The zero-order chi connectivity index (χ0) is 23.6. The highest BCUT2D eigenvalue weighted by Crippen LogP contribution is 2.27. The van der Waals surface area contributed by atoms with E-state index in [1.807, 2.05) is 54.6 Å². The lowest BCUT2D eigenvalue weighted by Gasteiger charge is -2.28. The lowest BCUT2D eigenvalue weighted by atomic mass is 10.0. The van der Waals surface area contributed by atoms with Gasteiger partial charge in [0.15, 0.2) is 0 Å². The van der Waals surface area contributed by atoms with Crippen molar-refractivity contribution in [2.75, 3.05) is 24.7 Å². The van der Waals surface area contributed by atoms with Crippen molar-refractivity contribution in [3.63, 3.8) is 0 Å². The fourth-order valence-electron chi connectivity index (χ4n) is 4.08. The summed E-state index contributed by atoms with van der Waals surface area (Å²) in [6, 6.07) is 16.2. The third-order valence-electron chi connectivity index (χ3n) is 5.68. The Bertz CT molecular complexity index is 953. The number of hydrogen-bond acceptors (Lipinski definition) is 6.